The maximum absolute atomic E-state index is 13.3. The van der Waals surface area contributed by atoms with Crippen molar-refractivity contribution in [3.05, 3.63) is 108 Å². The van der Waals surface area contributed by atoms with Crippen molar-refractivity contribution in [1.82, 2.24) is 5.32 Å². The number of carbonyl (C=O) groups is 1. The number of halogens is 1. The Morgan fingerprint density at radius 1 is 0.844 bits per heavy atom. The number of anilines is 1. The van der Waals surface area contributed by atoms with Crippen LogP contribution in [0.1, 0.15) is 5.56 Å². The molecule has 0 aliphatic heterocycles. The van der Waals surface area contributed by atoms with Gasteiger partial charge in [-0.2, -0.15) is 0 Å². The number of fused-ring (bicyclic) bond motifs is 1. The van der Waals surface area contributed by atoms with Gasteiger partial charge in [0, 0.05) is 11.6 Å². The fourth-order valence-electron chi connectivity index (χ4n) is 3.49. The van der Waals surface area contributed by atoms with Crippen LogP contribution >= 0.6 is 11.6 Å². The fourth-order valence-corrected chi connectivity index (χ4v) is 5.11. The monoisotopic (exact) mass is 464 g/mol. The van der Waals surface area contributed by atoms with E-state index in [1.54, 1.807) is 36.4 Å². The Kier molecular flexibility index (Phi) is 6.44. The molecular formula is C25H21ClN2O3S. The van der Waals surface area contributed by atoms with E-state index in [1.165, 1.54) is 18.2 Å². The molecule has 0 heterocycles. The van der Waals surface area contributed by atoms with Gasteiger partial charge in [-0.05, 0) is 46.7 Å². The van der Waals surface area contributed by atoms with Crippen molar-refractivity contribution in [2.24, 2.45) is 0 Å². The van der Waals surface area contributed by atoms with Crippen LogP contribution in [0.2, 0.25) is 5.02 Å². The molecule has 162 valence electrons. The highest BCUT2D eigenvalue weighted by molar-refractivity contribution is 7.92. The van der Waals surface area contributed by atoms with Crippen molar-refractivity contribution in [3.63, 3.8) is 0 Å². The molecule has 5 nitrogen and oxygen atoms in total. The first-order valence-corrected chi connectivity index (χ1v) is 11.8. The lowest BCUT2D eigenvalue weighted by molar-refractivity contribution is -0.119. The summed E-state index contributed by atoms with van der Waals surface area (Å²) >= 11 is 6.10. The molecule has 0 unspecified atom stereocenters. The van der Waals surface area contributed by atoms with Crippen molar-refractivity contribution < 1.29 is 13.2 Å². The van der Waals surface area contributed by atoms with Crippen LogP contribution in [0.15, 0.2) is 102 Å². The van der Waals surface area contributed by atoms with Gasteiger partial charge in [-0.25, -0.2) is 8.42 Å². The molecule has 0 fully saturated rings. The third-order valence-electron chi connectivity index (χ3n) is 5.07. The van der Waals surface area contributed by atoms with Gasteiger partial charge in [0.1, 0.15) is 6.54 Å². The van der Waals surface area contributed by atoms with Crippen LogP contribution in [0.4, 0.5) is 5.69 Å². The molecule has 0 aliphatic carbocycles. The number of sulfonamides is 1. The minimum Gasteiger partial charge on any atom is -0.350 e. The molecule has 1 N–H and O–H groups in total. The van der Waals surface area contributed by atoms with Crippen molar-refractivity contribution in [2.45, 2.75) is 11.4 Å². The van der Waals surface area contributed by atoms with Crippen molar-refractivity contribution in [3.8, 4) is 0 Å². The average Bonchev–Trinajstić information content (AvgIpc) is 2.81. The van der Waals surface area contributed by atoms with Gasteiger partial charge >= 0.3 is 0 Å². The second-order valence-electron chi connectivity index (χ2n) is 7.22. The van der Waals surface area contributed by atoms with Gasteiger partial charge in [0.25, 0.3) is 10.0 Å². The third-order valence-corrected chi connectivity index (χ3v) is 7.09. The van der Waals surface area contributed by atoms with E-state index in [9.17, 15) is 13.2 Å². The number of hydrogen-bond donors (Lipinski definition) is 1. The molecule has 7 heteroatoms. The summed E-state index contributed by atoms with van der Waals surface area (Å²) in [6, 6.07) is 28.3. The van der Waals surface area contributed by atoms with E-state index in [-0.39, 0.29) is 18.0 Å². The summed E-state index contributed by atoms with van der Waals surface area (Å²) in [5, 5.41) is 5.35. The SMILES string of the molecule is O=C(CN(c1cccc(Cl)c1)S(=O)(=O)c1ccccc1)NCc1cccc2ccccc12. The van der Waals surface area contributed by atoms with Gasteiger partial charge < -0.3 is 5.32 Å². The maximum Gasteiger partial charge on any atom is 0.264 e. The molecular weight excluding hydrogens is 444 g/mol. The Morgan fingerprint density at radius 3 is 2.31 bits per heavy atom. The topological polar surface area (TPSA) is 66.5 Å². The lowest BCUT2D eigenvalue weighted by Crippen LogP contribution is -2.40. The van der Waals surface area contributed by atoms with E-state index >= 15 is 0 Å². The minimum atomic E-state index is -3.97. The molecule has 4 rings (SSSR count). The summed E-state index contributed by atoms with van der Waals surface area (Å²) in [7, 11) is -3.97. The summed E-state index contributed by atoms with van der Waals surface area (Å²) in [5.74, 6) is -0.419. The Labute approximate surface area is 192 Å². The highest BCUT2D eigenvalue weighted by atomic mass is 35.5. The molecule has 0 radical (unpaired) electrons. The fraction of sp³-hybridized carbons (Fsp3) is 0.0800. The molecule has 1 amide bonds. The molecule has 0 aliphatic rings. The zero-order chi connectivity index (χ0) is 22.6. The number of hydrogen-bond acceptors (Lipinski definition) is 3. The zero-order valence-corrected chi connectivity index (χ0v) is 18.7. The number of nitrogens with zero attached hydrogens (tertiary/aromatic N) is 1. The van der Waals surface area contributed by atoms with Crippen LogP contribution in [-0.2, 0) is 21.4 Å². The highest BCUT2D eigenvalue weighted by Crippen LogP contribution is 2.26. The average molecular weight is 465 g/mol. The Hall–Kier alpha value is -3.35. The van der Waals surface area contributed by atoms with Gasteiger partial charge in [0.2, 0.25) is 5.91 Å². The lowest BCUT2D eigenvalue weighted by Gasteiger charge is -2.24. The molecule has 0 bridgehead atoms. The number of carbonyl (C=O) groups excluding carboxylic acids is 1. The van der Waals surface area contributed by atoms with Crippen LogP contribution in [-0.4, -0.2) is 20.9 Å². The molecule has 32 heavy (non-hydrogen) atoms. The van der Waals surface area contributed by atoms with E-state index in [4.69, 9.17) is 11.6 Å². The number of amides is 1. The first-order chi connectivity index (χ1) is 15.4. The summed E-state index contributed by atoms with van der Waals surface area (Å²) in [6.45, 7) is -0.0860. The zero-order valence-electron chi connectivity index (χ0n) is 17.1. The standard InChI is InChI=1S/C25H21ClN2O3S/c26-21-11-7-12-22(16-21)28(32(30,31)23-13-2-1-3-14-23)18-25(29)27-17-20-10-6-9-19-8-4-5-15-24(19)20/h1-16H,17-18H2,(H,27,29). The summed E-state index contributed by atoms with van der Waals surface area (Å²) in [6.07, 6.45) is 0. The highest BCUT2D eigenvalue weighted by Gasteiger charge is 2.27. The largest absolute Gasteiger partial charge is 0.350 e. The van der Waals surface area contributed by atoms with E-state index in [1.807, 2.05) is 42.5 Å². The normalized spacial score (nSPS) is 11.3. The van der Waals surface area contributed by atoms with E-state index in [2.05, 4.69) is 5.32 Å². The van der Waals surface area contributed by atoms with Gasteiger partial charge in [-0.1, -0.05) is 78.3 Å². The van der Waals surface area contributed by atoms with Crippen molar-refractivity contribution >= 4 is 44.0 Å². The molecule has 4 aromatic rings. The molecule has 0 saturated carbocycles. The Morgan fingerprint density at radius 2 is 1.53 bits per heavy atom. The quantitative estimate of drug-likeness (QED) is 0.418. The van der Waals surface area contributed by atoms with E-state index in [0.29, 0.717) is 10.7 Å². The Bertz CT molecular complexity index is 1350. The Balaban J connectivity index is 1.59. The molecule has 0 saturated heterocycles. The summed E-state index contributed by atoms with van der Waals surface area (Å²) in [4.78, 5) is 12.9. The van der Waals surface area contributed by atoms with Crippen LogP contribution in [0.5, 0.6) is 0 Å². The van der Waals surface area contributed by atoms with Crippen LogP contribution in [0, 0.1) is 0 Å². The predicted octanol–water partition coefficient (Wildman–Crippen LogP) is 5.00. The van der Waals surface area contributed by atoms with Crippen LogP contribution in [0.3, 0.4) is 0 Å². The second kappa shape index (κ2) is 9.42. The molecule has 0 spiro atoms. The van der Waals surface area contributed by atoms with Gasteiger partial charge in [-0.15, -0.1) is 0 Å². The van der Waals surface area contributed by atoms with Crippen LogP contribution < -0.4 is 9.62 Å². The lowest BCUT2D eigenvalue weighted by atomic mass is 10.0. The molecule has 4 aromatic carbocycles. The van der Waals surface area contributed by atoms with Gasteiger partial charge in [0.15, 0.2) is 0 Å². The van der Waals surface area contributed by atoms with Gasteiger partial charge in [-0.3, -0.25) is 9.10 Å². The number of rotatable bonds is 7. The minimum absolute atomic E-state index is 0.0989. The van der Waals surface area contributed by atoms with E-state index < -0.39 is 15.9 Å². The van der Waals surface area contributed by atoms with Gasteiger partial charge in [0.05, 0.1) is 10.6 Å². The van der Waals surface area contributed by atoms with Crippen molar-refractivity contribution in [1.29, 1.82) is 0 Å². The van der Waals surface area contributed by atoms with E-state index in [0.717, 1.165) is 20.6 Å². The smallest absolute Gasteiger partial charge is 0.264 e. The predicted molar refractivity (Wildman–Crippen MR) is 128 cm³/mol. The first kappa shape index (κ1) is 21.9. The van der Waals surface area contributed by atoms with Crippen molar-refractivity contribution in [2.75, 3.05) is 10.8 Å². The molecule has 0 atom stereocenters. The first-order valence-electron chi connectivity index (χ1n) is 10.0. The second-order valence-corrected chi connectivity index (χ2v) is 9.52. The maximum atomic E-state index is 13.3. The van der Waals surface area contributed by atoms with Crippen LogP contribution in [0.25, 0.3) is 10.8 Å². The summed E-state index contributed by atoms with van der Waals surface area (Å²) < 4.78 is 27.7. The summed E-state index contributed by atoms with van der Waals surface area (Å²) in [5.41, 5.74) is 1.28. The number of benzene rings is 4. The third kappa shape index (κ3) is 4.77. The number of nitrogens with one attached hydrogen (secondary N) is 1. The molecule has 0 aromatic heterocycles.